The van der Waals surface area contributed by atoms with E-state index >= 15 is 0 Å². The Morgan fingerprint density at radius 1 is 1.20 bits per heavy atom. The Hall–Kier alpha value is -2.00. The standard InChI is InChI=1S/C22H28ClN5O.HI/c1-16-19(23)9-6-10-20(16)27-21(29)11-13-25-22(24-2)26-17-12-14-28(15-17)18-7-4-3-5-8-18;/h3-10,17H,11-15H2,1-2H3,(H,27,29)(H2,24,25,26);1H. The molecular formula is C22H29ClIN5O. The molecule has 0 bridgehead atoms. The molecule has 1 fully saturated rings. The number of aliphatic imine (C=N–C) groups is 1. The quantitative estimate of drug-likeness (QED) is 0.293. The van der Waals surface area contributed by atoms with Crippen molar-refractivity contribution in [2.45, 2.75) is 25.8 Å². The van der Waals surface area contributed by atoms with Gasteiger partial charge in [0.2, 0.25) is 5.91 Å². The van der Waals surface area contributed by atoms with Crippen molar-refractivity contribution in [3.8, 4) is 0 Å². The third-order valence-electron chi connectivity index (χ3n) is 5.06. The maximum atomic E-state index is 12.2. The number of guanidine groups is 1. The highest BCUT2D eigenvalue weighted by Gasteiger charge is 2.23. The first-order valence-corrected chi connectivity index (χ1v) is 10.3. The van der Waals surface area contributed by atoms with Crippen LogP contribution in [0.4, 0.5) is 11.4 Å². The number of para-hydroxylation sites is 1. The molecule has 0 saturated carbocycles. The molecule has 0 spiro atoms. The molecular weight excluding hydrogens is 513 g/mol. The van der Waals surface area contributed by atoms with Crippen LogP contribution < -0.4 is 20.9 Å². The van der Waals surface area contributed by atoms with Gasteiger partial charge in [-0.3, -0.25) is 9.79 Å². The van der Waals surface area contributed by atoms with E-state index in [2.05, 4.69) is 50.1 Å². The van der Waals surface area contributed by atoms with Gasteiger partial charge in [-0.25, -0.2) is 0 Å². The summed E-state index contributed by atoms with van der Waals surface area (Å²) in [6, 6.07) is 16.2. The largest absolute Gasteiger partial charge is 0.369 e. The Kier molecular flexibility index (Phi) is 9.71. The number of rotatable bonds is 6. The van der Waals surface area contributed by atoms with Gasteiger partial charge in [-0.1, -0.05) is 35.9 Å². The fourth-order valence-corrected chi connectivity index (χ4v) is 3.56. The third-order valence-corrected chi connectivity index (χ3v) is 5.47. The summed E-state index contributed by atoms with van der Waals surface area (Å²) in [5.74, 6) is 0.658. The highest BCUT2D eigenvalue weighted by atomic mass is 127. The first kappa shape index (κ1) is 24.3. The molecule has 1 atom stereocenters. The van der Waals surface area contributed by atoms with E-state index in [4.69, 9.17) is 11.6 Å². The molecule has 2 aromatic carbocycles. The van der Waals surface area contributed by atoms with Crippen molar-refractivity contribution in [2.24, 2.45) is 4.99 Å². The molecule has 1 aliphatic heterocycles. The molecule has 1 saturated heterocycles. The van der Waals surface area contributed by atoms with Crippen LogP contribution in [0.1, 0.15) is 18.4 Å². The smallest absolute Gasteiger partial charge is 0.226 e. The molecule has 0 radical (unpaired) electrons. The first-order chi connectivity index (χ1) is 14.1. The monoisotopic (exact) mass is 541 g/mol. The number of halogens is 2. The maximum Gasteiger partial charge on any atom is 0.226 e. The van der Waals surface area contributed by atoms with Crippen molar-refractivity contribution in [3.05, 3.63) is 59.1 Å². The van der Waals surface area contributed by atoms with Crippen LogP contribution in [0.25, 0.3) is 0 Å². The number of hydrogen-bond donors (Lipinski definition) is 3. The number of carbonyl (C=O) groups excluding carboxylic acids is 1. The van der Waals surface area contributed by atoms with Crippen LogP contribution in [0.3, 0.4) is 0 Å². The van der Waals surface area contributed by atoms with Gasteiger partial charge in [-0.15, -0.1) is 24.0 Å². The SMILES string of the molecule is CN=C(NCCC(=O)Nc1cccc(Cl)c1C)NC1CCN(c2ccccc2)C1.I. The summed E-state index contributed by atoms with van der Waals surface area (Å²) >= 11 is 6.10. The Bertz CT molecular complexity index is 862. The molecule has 1 aliphatic rings. The van der Waals surface area contributed by atoms with Crippen LogP contribution in [0, 0.1) is 6.92 Å². The summed E-state index contributed by atoms with van der Waals surface area (Å²) in [6.07, 6.45) is 1.39. The topological polar surface area (TPSA) is 68.8 Å². The molecule has 6 nitrogen and oxygen atoms in total. The Morgan fingerprint density at radius 3 is 2.70 bits per heavy atom. The van der Waals surface area contributed by atoms with E-state index in [0.717, 1.165) is 36.7 Å². The molecule has 8 heteroatoms. The number of nitrogens with one attached hydrogen (secondary N) is 3. The summed E-state index contributed by atoms with van der Waals surface area (Å²) in [4.78, 5) is 18.9. The molecule has 1 unspecified atom stereocenters. The minimum absolute atomic E-state index is 0. The number of amides is 1. The van der Waals surface area contributed by atoms with Gasteiger partial charge in [0.15, 0.2) is 5.96 Å². The fourth-order valence-electron chi connectivity index (χ4n) is 3.39. The molecule has 30 heavy (non-hydrogen) atoms. The van der Waals surface area contributed by atoms with Crippen LogP contribution in [0.2, 0.25) is 5.02 Å². The Balaban J connectivity index is 0.00000320. The lowest BCUT2D eigenvalue weighted by atomic mass is 10.2. The zero-order chi connectivity index (χ0) is 20.6. The molecule has 3 N–H and O–H groups in total. The van der Waals surface area contributed by atoms with Crippen molar-refractivity contribution >= 4 is 58.8 Å². The lowest BCUT2D eigenvalue weighted by Gasteiger charge is -2.20. The van der Waals surface area contributed by atoms with Crippen molar-refractivity contribution in [1.82, 2.24) is 10.6 Å². The van der Waals surface area contributed by atoms with Gasteiger partial charge in [0, 0.05) is 55.5 Å². The average Bonchev–Trinajstić information content (AvgIpc) is 3.20. The summed E-state index contributed by atoms with van der Waals surface area (Å²) in [5, 5.41) is 10.2. The molecule has 1 heterocycles. The predicted octanol–water partition coefficient (Wildman–Crippen LogP) is 4.04. The lowest BCUT2D eigenvalue weighted by molar-refractivity contribution is -0.116. The second-order valence-corrected chi connectivity index (χ2v) is 7.53. The van der Waals surface area contributed by atoms with E-state index < -0.39 is 0 Å². The van der Waals surface area contributed by atoms with E-state index in [0.29, 0.717) is 24.0 Å². The normalized spacial score (nSPS) is 16.0. The number of nitrogens with zero attached hydrogens (tertiary/aromatic N) is 2. The van der Waals surface area contributed by atoms with Gasteiger partial charge >= 0.3 is 0 Å². The lowest BCUT2D eigenvalue weighted by Crippen LogP contribution is -2.45. The van der Waals surface area contributed by atoms with Crippen molar-refractivity contribution < 1.29 is 4.79 Å². The van der Waals surface area contributed by atoms with Gasteiger partial charge in [0.1, 0.15) is 0 Å². The number of carbonyl (C=O) groups is 1. The highest BCUT2D eigenvalue weighted by molar-refractivity contribution is 14.0. The number of benzene rings is 2. The molecule has 3 rings (SSSR count). The maximum absolute atomic E-state index is 12.2. The summed E-state index contributed by atoms with van der Waals surface area (Å²) in [6.45, 7) is 4.34. The van der Waals surface area contributed by atoms with Crippen LogP contribution in [-0.4, -0.2) is 44.6 Å². The molecule has 0 aromatic heterocycles. The zero-order valence-electron chi connectivity index (χ0n) is 17.3. The van der Waals surface area contributed by atoms with Crippen molar-refractivity contribution in [3.63, 3.8) is 0 Å². The zero-order valence-corrected chi connectivity index (χ0v) is 20.4. The summed E-state index contributed by atoms with van der Waals surface area (Å²) in [7, 11) is 1.74. The second-order valence-electron chi connectivity index (χ2n) is 7.12. The van der Waals surface area contributed by atoms with E-state index in [1.165, 1.54) is 5.69 Å². The molecule has 162 valence electrons. The predicted molar refractivity (Wildman–Crippen MR) is 136 cm³/mol. The number of anilines is 2. The van der Waals surface area contributed by atoms with Crippen LogP contribution >= 0.6 is 35.6 Å². The van der Waals surface area contributed by atoms with Crippen LogP contribution in [0.5, 0.6) is 0 Å². The van der Waals surface area contributed by atoms with Gasteiger partial charge < -0.3 is 20.9 Å². The summed E-state index contributed by atoms with van der Waals surface area (Å²) in [5.41, 5.74) is 2.86. The van der Waals surface area contributed by atoms with E-state index in [1.54, 1.807) is 7.05 Å². The Morgan fingerprint density at radius 2 is 1.97 bits per heavy atom. The summed E-state index contributed by atoms with van der Waals surface area (Å²) < 4.78 is 0. The van der Waals surface area contributed by atoms with Crippen LogP contribution in [0.15, 0.2) is 53.5 Å². The highest BCUT2D eigenvalue weighted by Crippen LogP contribution is 2.23. The van der Waals surface area contributed by atoms with E-state index in [1.807, 2.05) is 31.2 Å². The van der Waals surface area contributed by atoms with Crippen molar-refractivity contribution in [1.29, 1.82) is 0 Å². The van der Waals surface area contributed by atoms with Crippen molar-refractivity contribution in [2.75, 3.05) is 36.9 Å². The minimum Gasteiger partial charge on any atom is -0.369 e. The fraction of sp³-hybridized carbons (Fsp3) is 0.364. The Labute approximate surface area is 200 Å². The molecule has 1 amide bonds. The van der Waals surface area contributed by atoms with Gasteiger partial charge in [0.25, 0.3) is 0 Å². The van der Waals surface area contributed by atoms with Gasteiger partial charge in [0.05, 0.1) is 0 Å². The third kappa shape index (κ3) is 6.77. The molecule has 0 aliphatic carbocycles. The van der Waals surface area contributed by atoms with Crippen LogP contribution in [-0.2, 0) is 4.79 Å². The second kappa shape index (κ2) is 12.0. The average molecular weight is 542 g/mol. The number of hydrogen-bond acceptors (Lipinski definition) is 3. The minimum atomic E-state index is -0.0607. The van der Waals surface area contributed by atoms with Gasteiger partial charge in [-0.2, -0.15) is 0 Å². The first-order valence-electron chi connectivity index (χ1n) is 9.89. The van der Waals surface area contributed by atoms with E-state index in [9.17, 15) is 4.79 Å². The molecule has 2 aromatic rings. The van der Waals surface area contributed by atoms with E-state index in [-0.39, 0.29) is 29.9 Å². The van der Waals surface area contributed by atoms with Gasteiger partial charge in [-0.05, 0) is 43.2 Å².